The minimum Gasteiger partial charge on any atom is -0.494 e. The SMILES string of the molecule is CCc1ccccc1NC(=O)COc1ccc(OC)c(F)c1. The lowest BCUT2D eigenvalue weighted by atomic mass is 10.1. The number of amides is 1. The largest absolute Gasteiger partial charge is 0.494 e. The number of anilines is 1. The predicted molar refractivity (Wildman–Crippen MR) is 82.9 cm³/mol. The number of carbonyl (C=O) groups is 1. The number of halogens is 1. The van der Waals surface area contributed by atoms with Crippen LogP contribution in [0.2, 0.25) is 0 Å². The highest BCUT2D eigenvalue weighted by Crippen LogP contribution is 2.22. The monoisotopic (exact) mass is 303 g/mol. The van der Waals surface area contributed by atoms with Gasteiger partial charge in [0.15, 0.2) is 18.2 Å². The van der Waals surface area contributed by atoms with E-state index in [1.807, 2.05) is 31.2 Å². The van der Waals surface area contributed by atoms with Crippen LogP contribution >= 0.6 is 0 Å². The molecular weight excluding hydrogens is 285 g/mol. The van der Waals surface area contributed by atoms with Gasteiger partial charge in [-0.2, -0.15) is 0 Å². The molecule has 4 nitrogen and oxygen atoms in total. The van der Waals surface area contributed by atoms with E-state index in [0.717, 1.165) is 17.7 Å². The van der Waals surface area contributed by atoms with Gasteiger partial charge in [0.2, 0.25) is 0 Å². The second-order valence-corrected chi connectivity index (χ2v) is 4.64. The first-order valence-corrected chi connectivity index (χ1v) is 6.98. The summed E-state index contributed by atoms with van der Waals surface area (Å²) in [5.74, 6) is -0.417. The van der Waals surface area contributed by atoms with Gasteiger partial charge in [-0.1, -0.05) is 25.1 Å². The highest BCUT2D eigenvalue weighted by Gasteiger charge is 2.08. The summed E-state index contributed by atoms with van der Waals surface area (Å²) >= 11 is 0. The average Bonchev–Trinajstić information content (AvgIpc) is 2.53. The first-order chi connectivity index (χ1) is 10.6. The molecule has 2 aromatic carbocycles. The van der Waals surface area contributed by atoms with Gasteiger partial charge in [-0.3, -0.25) is 4.79 Å². The lowest BCUT2D eigenvalue weighted by molar-refractivity contribution is -0.118. The first-order valence-electron chi connectivity index (χ1n) is 6.98. The Morgan fingerprint density at radius 1 is 1.23 bits per heavy atom. The molecule has 0 saturated heterocycles. The molecule has 2 rings (SSSR count). The Hall–Kier alpha value is -2.56. The predicted octanol–water partition coefficient (Wildman–Crippen LogP) is 3.41. The third-order valence-electron chi connectivity index (χ3n) is 3.17. The van der Waals surface area contributed by atoms with Crippen LogP contribution in [0.3, 0.4) is 0 Å². The van der Waals surface area contributed by atoms with Crippen molar-refractivity contribution < 1.29 is 18.7 Å². The number of carbonyl (C=O) groups excluding carboxylic acids is 1. The topological polar surface area (TPSA) is 47.6 Å². The first kappa shape index (κ1) is 15.8. The second kappa shape index (κ2) is 7.45. The Balaban J connectivity index is 1.94. The van der Waals surface area contributed by atoms with Crippen LogP contribution in [-0.2, 0) is 11.2 Å². The number of para-hydroxylation sites is 1. The fourth-order valence-electron chi connectivity index (χ4n) is 2.02. The van der Waals surface area contributed by atoms with Gasteiger partial charge in [-0.25, -0.2) is 4.39 Å². The third kappa shape index (κ3) is 3.97. The number of hydrogen-bond acceptors (Lipinski definition) is 3. The standard InChI is InChI=1S/C17H18FNO3/c1-3-12-6-4-5-7-15(12)19-17(20)11-22-13-8-9-16(21-2)14(18)10-13/h4-10H,3,11H2,1-2H3,(H,19,20). The summed E-state index contributed by atoms with van der Waals surface area (Å²) in [6, 6.07) is 11.8. The van der Waals surface area contributed by atoms with Crippen LogP contribution in [0.4, 0.5) is 10.1 Å². The number of hydrogen-bond donors (Lipinski definition) is 1. The summed E-state index contributed by atoms with van der Waals surface area (Å²) in [6.45, 7) is 1.82. The van der Waals surface area contributed by atoms with Crippen molar-refractivity contribution in [2.45, 2.75) is 13.3 Å². The zero-order valence-corrected chi connectivity index (χ0v) is 12.6. The van der Waals surface area contributed by atoms with Gasteiger partial charge in [-0.05, 0) is 30.2 Å². The normalized spacial score (nSPS) is 10.1. The van der Waals surface area contributed by atoms with Crippen LogP contribution in [0.15, 0.2) is 42.5 Å². The van der Waals surface area contributed by atoms with Gasteiger partial charge < -0.3 is 14.8 Å². The molecule has 1 N–H and O–H groups in total. The van der Waals surface area contributed by atoms with Gasteiger partial charge in [0.25, 0.3) is 5.91 Å². The van der Waals surface area contributed by atoms with Crippen molar-refractivity contribution in [1.82, 2.24) is 0 Å². The van der Waals surface area contributed by atoms with Gasteiger partial charge in [0.1, 0.15) is 5.75 Å². The van der Waals surface area contributed by atoms with Crippen LogP contribution in [-0.4, -0.2) is 19.6 Å². The number of aryl methyl sites for hydroxylation is 1. The zero-order valence-electron chi connectivity index (χ0n) is 12.6. The van der Waals surface area contributed by atoms with E-state index < -0.39 is 5.82 Å². The lowest BCUT2D eigenvalue weighted by Crippen LogP contribution is -2.20. The van der Waals surface area contributed by atoms with Crippen LogP contribution < -0.4 is 14.8 Å². The molecule has 22 heavy (non-hydrogen) atoms. The van der Waals surface area contributed by atoms with Crippen molar-refractivity contribution in [1.29, 1.82) is 0 Å². The van der Waals surface area contributed by atoms with Crippen molar-refractivity contribution in [2.24, 2.45) is 0 Å². The van der Waals surface area contributed by atoms with Crippen LogP contribution in [0, 0.1) is 5.82 Å². The summed E-state index contributed by atoms with van der Waals surface area (Å²) in [5, 5.41) is 2.79. The highest BCUT2D eigenvalue weighted by molar-refractivity contribution is 5.92. The maximum absolute atomic E-state index is 13.5. The van der Waals surface area contributed by atoms with Crippen molar-refractivity contribution >= 4 is 11.6 Å². The van der Waals surface area contributed by atoms with E-state index in [2.05, 4.69) is 5.32 Å². The third-order valence-corrected chi connectivity index (χ3v) is 3.17. The van der Waals surface area contributed by atoms with Crippen LogP contribution in [0.25, 0.3) is 0 Å². The molecular formula is C17H18FNO3. The summed E-state index contributed by atoms with van der Waals surface area (Å²) in [7, 11) is 1.39. The van der Waals surface area contributed by atoms with E-state index in [9.17, 15) is 9.18 Å². The van der Waals surface area contributed by atoms with Crippen molar-refractivity contribution in [3.8, 4) is 11.5 Å². The fourth-order valence-corrected chi connectivity index (χ4v) is 2.02. The Labute approximate surface area is 128 Å². The van der Waals surface area contributed by atoms with Crippen LogP contribution in [0.5, 0.6) is 11.5 Å². The summed E-state index contributed by atoms with van der Waals surface area (Å²) in [4.78, 5) is 11.9. The van der Waals surface area contributed by atoms with Crippen molar-refractivity contribution in [2.75, 3.05) is 19.0 Å². The number of benzene rings is 2. The quantitative estimate of drug-likeness (QED) is 0.889. The highest BCUT2D eigenvalue weighted by atomic mass is 19.1. The van der Waals surface area contributed by atoms with E-state index in [1.54, 1.807) is 6.07 Å². The van der Waals surface area contributed by atoms with E-state index in [4.69, 9.17) is 9.47 Å². The van der Waals surface area contributed by atoms with Crippen LogP contribution in [0.1, 0.15) is 12.5 Å². The molecule has 0 aromatic heterocycles. The molecule has 0 aliphatic rings. The molecule has 1 amide bonds. The molecule has 0 aliphatic carbocycles. The number of ether oxygens (including phenoxy) is 2. The van der Waals surface area contributed by atoms with Crippen molar-refractivity contribution in [3.05, 3.63) is 53.8 Å². The minimum absolute atomic E-state index is 0.133. The van der Waals surface area contributed by atoms with Gasteiger partial charge >= 0.3 is 0 Å². The van der Waals surface area contributed by atoms with E-state index in [-0.39, 0.29) is 24.0 Å². The molecule has 2 aromatic rings. The van der Waals surface area contributed by atoms with E-state index >= 15 is 0 Å². The molecule has 0 radical (unpaired) electrons. The van der Waals surface area contributed by atoms with E-state index in [1.165, 1.54) is 19.2 Å². The van der Waals surface area contributed by atoms with Gasteiger partial charge in [0, 0.05) is 11.8 Å². The molecule has 0 aliphatic heterocycles. The molecule has 0 fully saturated rings. The smallest absolute Gasteiger partial charge is 0.262 e. The average molecular weight is 303 g/mol. The lowest BCUT2D eigenvalue weighted by Gasteiger charge is -2.11. The second-order valence-electron chi connectivity index (χ2n) is 4.64. The number of nitrogens with one attached hydrogen (secondary N) is 1. The van der Waals surface area contributed by atoms with Gasteiger partial charge in [-0.15, -0.1) is 0 Å². The number of methoxy groups -OCH3 is 1. The minimum atomic E-state index is -0.531. The molecule has 0 spiro atoms. The Morgan fingerprint density at radius 2 is 2.00 bits per heavy atom. The number of rotatable bonds is 6. The zero-order chi connectivity index (χ0) is 15.9. The Morgan fingerprint density at radius 3 is 2.68 bits per heavy atom. The Bertz CT molecular complexity index is 658. The molecule has 0 saturated carbocycles. The van der Waals surface area contributed by atoms with Gasteiger partial charge in [0.05, 0.1) is 7.11 Å². The van der Waals surface area contributed by atoms with Crippen molar-refractivity contribution in [3.63, 3.8) is 0 Å². The van der Waals surface area contributed by atoms with E-state index in [0.29, 0.717) is 0 Å². The summed E-state index contributed by atoms with van der Waals surface area (Å²) in [5.41, 5.74) is 1.81. The maximum atomic E-state index is 13.5. The molecule has 116 valence electrons. The summed E-state index contributed by atoms with van der Waals surface area (Å²) < 4.78 is 23.6. The molecule has 5 heteroatoms. The molecule has 0 atom stereocenters. The Kier molecular flexibility index (Phi) is 5.36. The fraction of sp³-hybridized carbons (Fsp3) is 0.235. The summed E-state index contributed by atoms with van der Waals surface area (Å²) in [6.07, 6.45) is 0.820. The maximum Gasteiger partial charge on any atom is 0.262 e. The molecule has 0 unspecified atom stereocenters. The molecule has 0 heterocycles. The molecule has 0 bridgehead atoms.